The SMILES string of the molecule is C=CC[Si](C)(C)c1ccc(CC(=O)ON=[N+]=[N-])cc1. The second-order valence-electron chi connectivity index (χ2n) is 4.88. The van der Waals surface area contributed by atoms with Crippen LogP contribution in [0.1, 0.15) is 5.56 Å². The smallest absolute Gasteiger partial charge is 0.322 e. The number of azide groups is 1. The first-order valence-corrected chi connectivity index (χ1v) is 9.15. The average molecular weight is 275 g/mol. The molecule has 0 saturated carbocycles. The predicted molar refractivity (Wildman–Crippen MR) is 77.5 cm³/mol. The van der Waals surface area contributed by atoms with Crippen LogP contribution in [0.5, 0.6) is 0 Å². The Bertz CT molecular complexity index is 505. The molecule has 19 heavy (non-hydrogen) atoms. The highest BCUT2D eigenvalue weighted by molar-refractivity contribution is 6.90. The van der Waals surface area contributed by atoms with Gasteiger partial charge in [0.2, 0.25) is 0 Å². The lowest BCUT2D eigenvalue weighted by Gasteiger charge is -2.21. The third kappa shape index (κ3) is 4.61. The van der Waals surface area contributed by atoms with Gasteiger partial charge in [-0.25, -0.2) is 0 Å². The Morgan fingerprint density at radius 1 is 1.47 bits per heavy atom. The van der Waals surface area contributed by atoms with E-state index in [9.17, 15) is 4.79 Å². The number of rotatable bonds is 6. The molecule has 5 nitrogen and oxygen atoms in total. The van der Waals surface area contributed by atoms with E-state index in [0.717, 1.165) is 11.6 Å². The molecule has 0 spiro atoms. The molecule has 0 bridgehead atoms. The second-order valence-corrected chi connectivity index (χ2v) is 9.64. The summed E-state index contributed by atoms with van der Waals surface area (Å²) in [5.74, 6) is -0.562. The van der Waals surface area contributed by atoms with E-state index < -0.39 is 14.0 Å². The lowest BCUT2D eigenvalue weighted by atomic mass is 10.2. The van der Waals surface area contributed by atoms with Gasteiger partial charge in [0.05, 0.1) is 14.5 Å². The summed E-state index contributed by atoms with van der Waals surface area (Å²) in [6.45, 7) is 8.35. The number of hydrogen-bond acceptors (Lipinski definition) is 3. The van der Waals surface area contributed by atoms with Crippen molar-refractivity contribution >= 4 is 19.2 Å². The molecule has 6 heteroatoms. The van der Waals surface area contributed by atoms with Crippen molar-refractivity contribution in [3.63, 3.8) is 0 Å². The first-order chi connectivity index (χ1) is 8.99. The number of benzene rings is 1. The molecule has 1 aromatic rings. The maximum absolute atomic E-state index is 11.3. The Morgan fingerprint density at radius 2 is 2.11 bits per heavy atom. The summed E-state index contributed by atoms with van der Waals surface area (Å²) < 4.78 is 0. The van der Waals surface area contributed by atoms with Crippen molar-refractivity contribution in [2.24, 2.45) is 5.28 Å². The van der Waals surface area contributed by atoms with Gasteiger partial charge in [0, 0.05) is 4.91 Å². The maximum atomic E-state index is 11.3. The van der Waals surface area contributed by atoms with Crippen LogP contribution in [0.15, 0.2) is 42.2 Å². The van der Waals surface area contributed by atoms with E-state index in [1.54, 1.807) is 0 Å². The summed E-state index contributed by atoms with van der Waals surface area (Å²) in [5.41, 5.74) is 8.87. The van der Waals surface area contributed by atoms with E-state index in [2.05, 4.69) is 34.7 Å². The molecule has 0 aliphatic heterocycles. The molecular weight excluding hydrogens is 258 g/mol. The molecule has 0 saturated heterocycles. The van der Waals surface area contributed by atoms with E-state index in [4.69, 9.17) is 5.53 Å². The van der Waals surface area contributed by atoms with Gasteiger partial charge in [0.15, 0.2) is 0 Å². The highest BCUT2D eigenvalue weighted by Crippen LogP contribution is 2.11. The van der Waals surface area contributed by atoms with Crippen LogP contribution < -0.4 is 5.19 Å². The van der Waals surface area contributed by atoms with Crippen LogP contribution in [-0.4, -0.2) is 14.0 Å². The predicted octanol–water partition coefficient (Wildman–Crippen LogP) is 3.10. The molecule has 0 atom stereocenters. The number of nitrogens with zero attached hydrogens (tertiary/aromatic N) is 3. The molecule has 0 amide bonds. The van der Waals surface area contributed by atoms with Gasteiger partial charge in [-0.3, -0.25) is 4.79 Å². The van der Waals surface area contributed by atoms with Crippen molar-refractivity contribution in [1.82, 2.24) is 0 Å². The molecule has 0 N–H and O–H groups in total. The van der Waals surface area contributed by atoms with Crippen LogP contribution in [-0.2, 0) is 16.1 Å². The molecule has 0 aromatic heterocycles. The van der Waals surface area contributed by atoms with Crippen molar-refractivity contribution in [2.75, 3.05) is 0 Å². The Balaban J connectivity index is 2.74. The van der Waals surface area contributed by atoms with E-state index >= 15 is 0 Å². The molecule has 1 rings (SSSR count). The normalized spacial score (nSPS) is 10.4. The average Bonchev–Trinajstić information content (AvgIpc) is 2.37. The summed E-state index contributed by atoms with van der Waals surface area (Å²) >= 11 is 0. The van der Waals surface area contributed by atoms with E-state index in [-0.39, 0.29) is 6.42 Å². The maximum Gasteiger partial charge on any atom is 0.322 e. The van der Waals surface area contributed by atoms with Gasteiger partial charge in [-0.05, 0) is 17.1 Å². The highest BCUT2D eigenvalue weighted by Gasteiger charge is 2.21. The molecule has 0 radical (unpaired) electrons. The van der Waals surface area contributed by atoms with Gasteiger partial charge in [0.25, 0.3) is 0 Å². The molecule has 1 aromatic carbocycles. The minimum absolute atomic E-state index is 0.0999. The summed E-state index contributed by atoms with van der Waals surface area (Å²) in [4.78, 5) is 17.9. The number of carbonyl (C=O) groups is 1. The van der Waals surface area contributed by atoms with Crippen molar-refractivity contribution < 1.29 is 9.63 Å². The Labute approximate surface area is 113 Å². The van der Waals surface area contributed by atoms with Gasteiger partial charge in [-0.1, -0.05) is 48.6 Å². The summed E-state index contributed by atoms with van der Waals surface area (Å²) in [6.07, 6.45) is 2.06. The first-order valence-electron chi connectivity index (χ1n) is 5.94. The lowest BCUT2D eigenvalue weighted by molar-refractivity contribution is -0.143. The fraction of sp³-hybridized carbons (Fsp3) is 0.308. The van der Waals surface area contributed by atoms with Crippen molar-refractivity contribution in [2.45, 2.75) is 25.6 Å². The van der Waals surface area contributed by atoms with Gasteiger partial charge in [-0.15, -0.1) is 6.58 Å². The Kier molecular flexibility index (Phi) is 5.35. The topological polar surface area (TPSA) is 75.1 Å². The summed E-state index contributed by atoms with van der Waals surface area (Å²) in [6, 6.07) is 8.93. The summed E-state index contributed by atoms with van der Waals surface area (Å²) in [7, 11) is -1.46. The Morgan fingerprint density at radius 3 is 2.63 bits per heavy atom. The van der Waals surface area contributed by atoms with Crippen molar-refractivity contribution in [3.05, 3.63) is 52.9 Å². The minimum Gasteiger partial charge on any atom is -0.359 e. The van der Waals surface area contributed by atoms with Crippen LogP contribution >= 0.6 is 0 Å². The largest absolute Gasteiger partial charge is 0.359 e. The first kappa shape index (κ1) is 15.0. The van der Waals surface area contributed by atoms with Crippen LogP contribution in [0.25, 0.3) is 10.4 Å². The van der Waals surface area contributed by atoms with Crippen LogP contribution in [0.3, 0.4) is 0 Å². The zero-order valence-electron chi connectivity index (χ0n) is 11.2. The van der Waals surface area contributed by atoms with E-state index in [0.29, 0.717) is 0 Å². The highest BCUT2D eigenvalue weighted by atomic mass is 28.3. The molecule has 100 valence electrons. The zero-order valence-corrected chi connectivity index (χ0v) is 12.2. The van der Waals surface area contributed by atoms with E-state index in [1.165, 1.54) is 5.19 Å². The molecule has 0 aliphatic rings. The van der Waals surface area contributed by atoms with Crippen molar-refractivity contribution in [3.8, 4) is 0 Å². The fourth-order valence-corrected chi connectivity index (χ4v) is 3.84. The molecular formula is C13H17N3O2Si. The fourth-order valence-electron chi connectivity index (χ4n) is 1.82. The molecule has 0 unspecified atom stereocenters. The number of allylic oxidation sites excluding steroid dienone is 1. The van der Waals surface area contributed by atoms with Gasteiger partial charge < -0.3 is 4.84 Å². The van der Waals surface area contributed by atoms with Gasteiger partial charge >= 0.3 is 5.97 Å². The van der Waals surface area contributed by atoms with Gasteiger partial charge in [-0.2, -0.15) is 0 Å². The van der Waals surface area contributed by atoms with Crippen LogP contribution in [0.4, 0.5) is 0 Å². The third-order valence-corrected chi connectivity index (χ3v) is 6.12. The second kappa shape index (κ2) is 6.77. The molecule has 0 aliphatic carbocycles. The van der Waals surface area contributed by atoms with Gasteiger partial charge in [0.1, 0.15) is 5.28 Å². The zero-order chi connectivity index (χ0) is 14.3. The Hall–Kier alpha value is -2.04. The summed E-state index contributed by atoms with van der Waals surface area (Å²) in [5, 5.41) is 4.09. The monoisotopic (exact) mass is 275 g/mol. The minimum atomic E-state index is -1.46. The molecule has 0 fully saturated rings. The lowest BCUT2D eigenvalue weighted by Crippen LogP contribution is -2.40. The number of hydrogen-bond donors (Lipinski definition) is 0. The number of carbonyl (C=O) groups excluding carboxylic acids is 1. The van der Waals surface area contributed by atoms with Crippen LogP contribution in [0, 0.1) is 0 Å². The third-order valence-electron chi connectivity index (χ3n) is 2.92. The standard InChI is InChI=1S/C13H17N3O2Si/c1-4-9-19(2,3)12-7-5-11(6-8-12)10-13(17)18-16-15-14/h4-8H,1,9-10H2,2-3H3. The quantitative estimate of drug-likeness (QED) is 0.200. The van der Waals surface area contributed by atoms with Crippen molar-refractivity contribution in [1.29, 1.82) is 0 Å². The van der Waals surface area contributed by atoms with E-state index in [1.807, 2.05) is 30.3 Å². The molecule has 0 heterocycles. The van der Waals surface area contributed by atoms with Crippen LogP contribution in [0.2, 0.25) is 19.1 Å².